The highest BCUT2D eigenvalue weighted by Gasteiger charge is 2.38. The normalized spacial score (nSPS) is 12.7. The Morgan fingerprint density at radius 3 is 2.33 bits per heavy atom. The second-order valence-electron chi connectivity index (χ2n) is 9.24. The Balaban J connectivity index is 0.000000441. The molecule has 0 atom stereocenters. The molecule has 3 aromatic rings. The number of amides is 1. The number of aromatic nitrogens is 2. The number of halogens is 5. The van der Waals surface area contributed by atoms with E-state index < -0.39 is 81.3 Å². The molecule has 2 aromatic heterocycles. The summed E-state index contributed by atoms with van der Waals surface area (Å²) in [5.74, 6) is -7.19. The number of alkyl halides is 3. The number of hydrogen-bond donors (Lipinski definition) is 1. The van der Waals surface area contributed by atoms with Crippen molar-refractivity contribution in [2.24, 2.45) is 5.92 Å². The number of nitrogens with one attached hydrogen (secondary N) is 1. The Morgan fingerprint density at radius 2 is 1.78 bits per heavy atom. The Labute approximate surface area is 258 Å². The van der Waals surface area contributed by atoms with Crippen molar-refractivity contribution in [3.63, 3.8) is 0 Å². The third kappa shape index (κ3) is 8.94. The summed E-state index contributed by atoms with van der Waals surface area (Å²) in [5.41, 5.74) is -2.17. The van der Waals surface area contributed by atoms with Crippen LogP contribution in [0, 0.1) is 28.9 Å². The van der Waals surface area contributed by atoms with Crippen LogP contribution in [0.1, 0.15) is 50.9 Å². The molecule has 1 fully saturated rings. The lowest BCUT2D eigenvalue weighted by atomic mass is 9.98. The first-order chi connectivity index (χ1) is 21.8. The van der Waals surface area contributed by atoms with E-state index in [9.17, 15) is 50.0 Å². The number of anilines is 1. The predicted octanol–water partition coefficient (Wildman–Crippen LogP) is 3.59. The minimum absolute atomic E-state index is 0.0828. The number of benzene rings is 1. The molecular formula is C28H24F5N5O7S. The molecule has 0 radical (unpaired) electrons. The Hall–Kier alpha value is -5.18. The fourth-order valence-corrected chi connectivity index (χ4v) is 5.15. The minimum atomic E-state index is -4.45. The van der Waals surface area contributed by atoms with E-state index in [1.165, 1.54) is 30.3 Å². The highest BCUT2D eigenvalue weighted by atomic mass is 32.2. The van der Waals surface area contributed by atoms with Crippen LogP contribution in [0.5, 0.6) is 0 Å². The van der Waals surface area contributed by atoms with Crippen LogP contribution in [0.25, 0.3) is 0 Å². The summed E-state index contributed by atoms with van der Waals surface area (Å²) in [6.45, 7) is -0.0729. The molecule has 0 spiro atoms. The van der Waals surface area contributed by atoms with Gasteiger partial charge in [0.2, 0.25) is 22.8 Å². The molecule has 1 amide bonds. The average molecular weight is 670 g/mol. The fourth-order valence-electron chi connectivity index (χ4n) is 3.95. The second-order valence-corrected chi connectivity index (χ2v) is 11.0. The van der Waals surface area contributed by atoms with Crippen LogP contribution < -0.4 is 9.62 Å². The zero-order valence-corrected chi connectivity index (χ0v) is 24.6. The lowest BCUT2D eigenvalue weighted by Gasteiger charge is -2.39. The number of pyridine rings is 2. The van der Waals surface area contributed by atoms with Crippen molar-refractivity contribution in [3.05, 3.63) is 88.4 Å². The maximum absolute atomic E-state index is 13.7. The van der Waals surface area contributed by atoms with Crippen LogP contribution in [-0.4, -0.2) is 62.8 Å². The van der Waals surface area contributed by atoms with Crippen LogP contribution in [-0.2, 0) is 30.0 Å². The fraction of sp³-hybridized carbons (Fsp3) is 0.286. The maximum atomic E-state index is 13.7. The monoisotopic (exact) mass is 669 g/mol. The number of ether oxygens (including phenoxy) is 2. The van der Waals surface area contributed by atoms with Crippen LogP contribution in [0.2, 0.25) is 0 Å². The molecular weight excluding hydrogens is 645 g/mol. The lowest BCUT2D eigenvalue weighted by Crippen LogP contribution is -2.55. The topological polar surface area (TPSA) is 169 Å². The number of nitriles is 1. The number of nitrogens with zero attached hydrogens (tertiary/aromatic N) is 4. The van der Waals surface area contributed by atoms with Gasteiger partial charge in [0, 0.05) is 31.0 Å². The summed E-state index contributed by atoms with van der Waals surface area (Å²) < 4.78 is 101. The van der Waals surface area contributed by atoms with Crippen LogP contribution in [0.3, 0.4) is 0 Å². The summed E-state index contributed by atoms with van der Waals surface area (Å²) in [7, 11) is -4.45. The molecule has 1 aromatic carbocycles. The van der Waals surface area contributed by atoms with Crippen molar-refractivity contribution in [2.45, 2.75) is 19.1 Å². The van der Waals surface area contributed by atoms with Gasteiger partial charge in [-0.05, 0) is 37.3 Å². The van der Waals surface area contributed by atoms with Gasteiger partial charge in [-0.1, -0.05) is 6.07 Å². The maximum Gasteiger partial charge on any atom is 0.342 e. The van der Waals surface area contributed by atoms with Crippen molar-refractivity contribution in [1.82, 2.24) is 14.7 Å². The summed E-state index contributed by atoms with van der Waals surface area (Å²) >= 11 is 0. The highest BCUT2D eigenvalue weighted by Crippen LogP contribution is 2.32. The zero-order valence-electron chi connectivity index (χ0n) is 23.8. The number of hydrogen-bond acceptors (Lipinski definition) is 11. The van der Waals surface area contributed by atoms with Crippen LogP contribution in [0.15, 0.2) is 48.8 Å². The quantitative estimate of drug-likeness (QED) is 0.247. The van der Waals surface area contributed by atoms with Gasteiger partial charge in [-0.2, -0.15) is 5.26 Å². The van der Waals surface area contributed by atoms with E-state index in [4.69, 9.17) is 4.74 Å². The molecule has 0 aliphatic carbocycles. The molecule has 0 saturated carbocycles. The van der Waals surface area contributed by atoms with Crippen molar-refractivity contribution in [1.29, 1.82) is 5.26 Å². The molecule has 18 heteroatoms. The van der Waals surface area contributed by atoms with E-state index in [0.29, 0.717) is 0 Å². The molecule has 1 aliphatic rings. The SMILES string of the molecule is CCOC(=O)c1cc(C#N)c(N2CC(C(=O)NS(=O)(=O)Cc3c(F)cccc3F)C2)nc1C(F)F.O=C(OCF)c1cccnc1. The highest BCUT2D eigenvalue weighted by molar-refractivity contribution is 7.89. The molecule has 3 heterocycles. The van der Waals surface area contributed by atoms with E-state index in [0.717, 1.165) is 24.3 Å². The van der Waals surface area contributed by atoms with Crippen molar-refractivity contribution in [2.75, 3.05) is 31.5 Å². The van der Waals surface area contributed by atoms with E-state index in [2.05, 4.69) is 14.7 Å². The van der Waals surface area contributed by atoms with E-state index in [-0.39, 0.29) is 36.6 Å². The van der Waals surface area contributed by atoms with Gasteiger partial charge < -0.3 is 14.4 Å². The van der Waals surface area contributed by atoms with Gasteiger partial charge in [-0.3, -0.25) is 14.5 Å². The molecule has 1 N–H and O–H groups in total. The molecule has 0 unspecified atom stereocenters. The van der Waals surface area contributed by atoms with Gasteiger partial charge in [0.15, 0.2) is 0 Å². The number of carbonyl (C=O) groups excluding carboxylic acids is 3. The standard InChI is InChI=1S/C21H18F4N4O5S.C7H6FNO2/c1-2-34-21(31)13-6-11(7-26)19(27-17(13)18(24)25)29-8-12(9-29)20(30)28-35(32,33)10-14-15(22)4-3-5-16(14)23;8-5-11-7(10)6-2-1-3-9-4-6/h3-6,12,18H,2,8-10H2,1H3,(H,28,30);1-4H,5H2. The van der Waals surface area contributed by atoms with Gasteiger partial charge >= 0.3 is 11.9 Å². The van der Waals surface area contributed by atoms with Gasteiger partial charge in [0.25, 0.3) is 6.43 Å². The summed E-state index contributed by atoms with van der Waals surface area (Å²) in [6, 6.07) is 8.56. The molecule has 12 nitrogen and oxygen atoms in total. The van der Waals surface area contributed by atoms with Gasteiger partial charge in [-0.15, -0.1) is 0 Å². The van der Waals surface area contributed by atoms with Crippen molar-refractivity contribution < 1.29 is 54.2 Å². The Morgan fingerprint density at radius 1 is 1.11 bits per heavy atom. The molecule has 4 rings (SSSR count). The lowest BCUT2D eigenvalue weighted by molar-refractivity contribution is -0.123. The summed E-state index contributed by atoms with van der Waals surface area (Å²) in [6.07, 6.45) is -0.324. The van der Waals surface area contributed by atoms with Gasteiger partial charge in [0.05, 0.1) is 29.2 Å². The van der Waals surface area contributed by atoms with Gasteiger partial charge in [0.1, 0.15) is 35.0 Å². The average Bonchev–Trinajstić information content (AvgIpc) is 2.98. The molecule has 244 valence electrons. The largest absolute Gasteiger partial charge is 0.462 e. The molecule has 46 heavy (non-hydrogen) atoms. The number of rotatable bonds is 10. The summed E-state index contributed by atoms with van der Waals surface area (Å²) in [4.78, 5) is 43.7. The zero-order chi connectivity index (χ0) is 34.0. The predicted molar refractivity (Wildman–Crippen MR) is 148 cm³/mol. The number of esters is 2. The van der Waals surface area contributed by atoms with Crippen LogP contribution >= 0.6 is 0 Å². The van der Waals surface area contributed by atoms with E-state index in [1.807, 2.05) is 0 Å². The van der Waals surface area contributed by atoms with Crippen molar-refractivity contribution >= 4 is 33.7 Å². The van der Waals surface area contributed by atoms with Crippen molar-refractivity contribution in [3.8, 4) is 6.07 Å². The molecule has 0 bridgehead atoms. The van der Waals surface area contributed by atoms with E-state index >= 15 is 0 Å². The van der Waals surface area contributed by atoms with E-state index in [1.54, 1.807) is 16.9 Å². The first-order valence-electron chi connectivity index (χ1n) is 13.1. The van der Waals surface area contributed by atoms with Crippen LogP contribution in [0.4, 0.5) is 27.8 Å². The number of sulfonamides is 1. The number of carbonyl (C=O) groups is 3. The molecule has 1 saturated heterocycles. The second kappa shape index (κ2) is 15.7. The van der Waals surface area contributed by atoms with Gasteiger partial charge in [-0.25, -0.2) is 44.9 Å². The first-order valence-corrected chi connectivity index (χ1v) is 14.7. The third-order valence-corrected chi connectivity index (χ3v) is 7.32. The first kappa shape index (κ1) is 35.3. The summed E-state index contributed by atoms with van der Waals surface area (Å²) in [5, 5.41) is 9.39. The molecule has 1 aliphatic heterocycles. The Bertz CT molecular complexity index is 1710. The third-order valence-electron chi connectivity index (χ3n) is 6.14. The Kier molecular flexibility index (Phi) is 12.0. The minimum Gasteiger partial charge on any atom is -0.462 e. The smallest absolute Gasteiger partial charge is 0.342 e.